The maximum Gasteiger partial charge on any atom is 0.338 e. The van der Waals surface area contributed by atoms with Gasteiger partial charge in [-0.2, -0.15) is 10.4 Å². The third kappa shape index (κ3) is 3.97. The molecule has 0 aliphatic heterocycles. The molecule has 0 N–H and O–H groups in total. The summed E-state index contributed by atoms with van der Waals surface area (Å²) in [5.41, 5.74) is 0.302. The largest absolute Gasteiger partial charge is 0.452 e. The van der Waals surface area contributed by atoms with Crippen LogP contribution in [0.5, 0.6) is 0 Å². The summed E-state index contributed by atoms with van der Waals surface area (Å²) in [7, 11) is 1.61. The Hall–Kier alpha value is -3.21. The van der Waals surface area contributed by atoms with Crippen molar-refractivity contribution in [3.05, 3.63) is 42.5 Å². The molecule has 140 valence electrons. The summed E-state index contributed by atoms with van der Waals surface area (Å²) in [6, 6.07) is 8.92. The van der Waals surface area contributed by atoms with Crippen LogP contribution in [-0.2, 0) is 9.53 Å². The molecular formula is C19H21N5O3. The summed E-state index contributed by atoms with van der Waals surface area (Å²) in [5.74, 6) is -0.956. The standard InChI is InChI=1S/C19H21N5O3/c1-23(19(12-20)9-3-2-4-10-19)17(25)11-27-18(26)15-5-7-16(8-6-15)24-14-21-13-22-24/h5-8,13-14H,2-4,9-11H2,1H3. The smallest absolute Gasteiger partial charge is 0.338 e. The summed E-state index contributed by atoms with van der Waals surface area (Å²) in [4.78, 5) is 29.9. The second kappa shape index (κ2) is 7.99. The van der Waals surface area contributed by atoms with Crippen molar-refractivity contribution in [1.82, 2.24) is 19.7 Å². The quantitative estimate of drug-likeness (QED) is 0.750. The molecule has 1 aromatic carbocycles. The number of esters is 1. The van der Waals surface area contributed by atoms with Crippen LogP contribution in [0.2, 0.25) is 0 Å². The molecule has 3 rings (SSSR count). The van der Waals surface area contributed by atoms with E-state index in [9.17, 15) is 14.9 Å². The molecule has 1 aliphatic carbocycles. The van der Waals surface area contributed by atoms with E-state index in [1.165, 1.54) is 11.2 Å². The number of nitrogens with zero attached hydrogens (tertiary/aromatic N) is 5. The van der Waals surface area contributed by atoms with Crippen LogP contribution in [0.1, 0.15) is 42.5 Å². The van der Waals surface area contributed by atoms with Crippen LogP contribution in [0.3, 0.4) is 0 Å². The van der Waals surface area contributed by atoms with Crippen molar-refractivity contribution in [2.45, 2.75) is 37.6 Å². The van der Waals surface area contributed by atoms with Crippen LogP contribution in [0.15, 0.2) is 36.9 Å². The van der Waals surface area contributed by atoms with E-state index < -0.39 is 11.5 Å². The molecule has 1 aliphatic rings. The number of aromatic nitrogens is 3. The molecule has 0 unspecified atom stereocenters. The van der Waals surface area contributed by atoms with Gasteiger partial charge in [0, 0.05) is 7.05 Å². The first kappa shape index (κ1) is 18.6. The number of benzene rings is 1. The molecule has 1 heterocycles. The minimum atomic E-state index is -0.790. The van der Waals surface area contributed by atoms with Crippen molar-refractivity contribution in [3.63, 3.8) is 0 Å². The van der Waals surface area contributed by atoms with E-state index in [4.69, 9.17) is 4.74 Å². The van der Waals surface area contributed by atoms with Gasteiger partial charge in [-0.3, -0.25) is 4.79 Å². The van der Waals surface area contributed by atoms with Crippen LogP contribution in [-0.4, -0.2) is 50.7 Å². The highest BCUT2D eigenvalue weighted by molar-refractivity contribution is 5.91. The highest BCUT2D eigenvalue weighted by atomic mass is 16.5. The lowest BCUT2D eigenvalue weighted by Gasteiger charge is -2.38. The number of carbonyl (C=O) groups is 2. The number of ether oxygens (including phenoxy) is 1. The van der Waals surface area contributed by atoms with Crippen molar-refractivity contribution < 1.29 is 14.3 Å². The summed E-state index contributed by atoms with van der Waals surface area (Å²) >= 11 is 0. The number of hydrogen-bond acceptors (Lipinski definition) is 6. The molecular weight excluding hydrogens is 346 g/mol. The van der Waals surface area contributed by atoms with Gasteiger partial charge in [-0.1, -0.05) is 19.3 Å². The van der Waals surface area contributed by atoms with E-state index in [1.54, 1.807) is 42.3 Å². The molecule has 0 spiro atoms. The average Bonchev–Trinajstić information content (AvgIpc) is 3.26. The van der Waals surface area contributed by atoms with Gasteiger partial charge in [-0.15, -0.1) is 0 Å². The Morgan fingerprint density at radius 1 is 1.26 bits per heavy atom. The van der Waals surface area contributed by atoms with Gasteiger partial charge in [-0.05, 0) is 37.1 Å². The Morgan fingerprint density at radius 3 is 2.56 bits per heavy atom. The fraction of sp³-hybridized carbons (Fsp3) is 0.421. The third-order valence-electron chi connectivity index (χ3n) is 5.02. The first-order chi connectivity index (χ1) is 13.1. The van der Waals surface area contributed by atoms with Gasteiger partial charge in [0.25, 0.3) is 5.91 Å². The fourth-order valence-electron chi connectivity index (χ4n) is 3.30. The molecule has 27 heavy (non-hydrogen) atoms. The van der Waals surface area contributed by atoms with Gasteiger partial charge in [0.05, 0.1) is 17.3 Å². The molecule has 0 bridgehead atoms. The highest BCUT2D eigenvalue weighted by Crippen LogP contribution is 2.32. The van der Waals surface area contributed by atoms with Crippen LogP contribution in [0.25, 0.3) is 5.69 Å². The van der Waals surface area contributed by atoms with E-state index in [0.29, 0.717) is 18.4 Å². The maximum atomic E-state index is 12.4. The van der Waals surface area contributed by atoms with E-state index >= 15 is 0 Å². The van der Waals surface area contributed by atoms with Crippen LogP contribution < -0.4 is 0 Å². The van der Waals surface area contributed by atoms with Crippen LogP contribution in [0.4, 0.5) is 0 Å². The molecule has 1 saturated carbocycles. The van der Waals surface area contributed by atoms with E-state index in [-0.39, 0.29) is 12.5 Å². The molecule has 2 aromatic rings. The fourth-order valence-corrected chi connectivity index (χ4v) is 3.30. The van der Waals surface area contributed by atoms with Crippen molar-refractivity contribution in [1.29, 1.82) is 5.26 Å². The minimum absolute atomic E-state index is 0.335. The average molecular weight is 367 g/mol. The second-order valence-electron chi connectivity index (χ2n) is 6.62. The normalized spacial score (nSPS) is 15.6. The zero-order chi connectivity index (χ0) is 19.3. The maximum absolute atomic E-state index is 12.4. The van der Waals surface area contributed by atoms with Crippen LogP contribution >= 0.6 is 0 Å². The lowest BCUT2D eigenvalue weighted by molar-refractivity contribution is -0.138. The van der Waals surface area contributed by atoms with Crippen molar-refractivity contribution in [3.8, 4) is 11.8 Å². The molecule has 0 radical (unpaired) electrons. The minimum Gasteiger partial charge on any atom is -0.452 e. The molecule has 1 aromatic heterocycles. The van der Waals surface area contributed by atoms with E-state index in [1.807, 2.05) is 0 Å². The van der Waals surface area contributed by atoms with Gasteiger partial charge in [-0.25, -0.2) is 14.5 Å². The number of rotatable bonds is 5. The summed E-state index contributed by atoms with van der Waals surface area (Å²) in [5, 5.41) is 13.6. The zero-order valence-corrected chi connectivity index (χ0v) is 15.2. The molecule has 8 nitrogen and oxygen atoms in total. The molecule has 0 atom stereocenters. The molecule has 8 heteroatoms. The number of nitriles is 1. The predicted octanol–water partition coefficient (Wildman–Crippen LogP) is 2.11. The highest BCUT2D eigenvalue weighted by Gasteiger charge is 2.39. The third-order valence-corrected chi connectivity index (χ3v) is 5.02. The van der Waals surface area contributed by atoms with Crippen LogP contribution in [0, 0.1) is 11.3 Å². The lowest BCUT2D eigenvalue weighted by atomic mass is 9.81. The van der Waals surface area contributed by atoms with Crippen molar-refractivity contribution in [2.75, 3.05) is 13.7 Å². The monoisotopic (exact) mass is 367 g/mol. The number of likely N-dealkylation sites (N-methyl/N-ethyl adjacent to an activating group) is 1. The molecule has 0 saturated heterocycles. The van der Waals surface area contributed by atoms with Gasteiger partial charge < -0.3 is 9.64 Å². The summed E-state index contributed by atoms with van der Waals surface area (Å²) < 4.78 is 6.72. The molecule has 1 amide bonds. The van der Waals surface area contributed by atoms with Gasteiger partial charge in [0.15, 0.2) is 6.61 Å². The van der Waals surface area contributed by atoms with Gasteiger partial charge in [0.2, 0.25) is 0 Å². The Balaban J connectivity index is 1.58. The predicted molar refractivity (Wildman–Crippen MR) is 95.8 cm³/mol. The Morgan fingerprint density at radius 2 is 1.96 bits per heavy atom. The number of amides is 1. The lowest BCUT2D eigenvalue weighted by Crippen LogP contribution is -2.51. The Bertz CT molecular complexity index is 833. The zero-order valence-electron chi connectivity index (χ0n) is 15.2. The molecule has 1 fully saturated rings. The SMILES string of the molecule is CN(C(=O)COC(=O)c1ccc(-n2cncn2)cc1)C1(C#N)CCCCC1. The first-order valence-electron chi connectivity index (χ1n) is 8.86. The number of hydrogen-bond donors (Lipinski definition) is 0. The van der Waals surface area contributed by atoms with Gasteiger partial charge >= 0.3 is 5.97 Å². The summed E-state index contributed by atoms with van der Waals surface area (Å²) in [6.07, 6.45) is 7.20. The van der Waals surface area contributed by atoms with E-state index in [0.717, 1.165) is 24.9 Å². The Labute approximate surface area is 157 Å². The Kier molecular flexibility index (Phi) is 5.50. The van der Waals surface area contributed by atoms with Crippen molar-refractivity contribution in [2.24, 2.45) is 0 Å². The van der Waals surface area contributed by atoms with Gasteiger partial charge in [0.1, 0.15) is 18.2 Å². The number of carbonyl (C=O) groups excluding carboxylic acids is 2. The second-order valence-corrected chi connectivity index (χ2v) is 6.62. The van der Waals surface area contributed by atoms with E-state index in [2.05, 4.69) is 16.2 Å². The topological polar surface area (TPSA) is 101 Å². The first-order valence-corrected chi connectivity index (χ1v) is 8.86. The van der Waals surface area contributed by atoms with Crippen molar-refractivity contribution >= 4 is 11.9 Å². The summed E-state index contributed by atoms with van der Waals surface area (Å²) in [6.45, 7) is -0.385.